The Balaban J connectivity index is 2.18. The third kappa shape index (κ3) is 1.76. The molecule has 1 saturated carbocycles. The quantitative estimate of drug-likeness (QED) is 0.619. The van der Waals surface area contributed by atoms with E-state index in [0.29, 0.717) is 11.7 Å². The van der Waals surface area contributed by atoms with Crippen molar-refractivity contribution in [3.05, 3.63) is 23.5 Å². The summed E-state index contributed by atoms with van der Waals surface area (Å²) >= 11 is 5.87. The first-order valence-corrected chi connectivity index (χ1v) is 5.59. The van der Waals surface area contributed by atoms with E-state index in [0.717, 1.165) is 16.7 Å². The van der Waals surface area contributed by atoms with Crippen LogP contribution in [0.1, 0.15) is 12.8 Å². The van der Waals surface area contributed by atoms with Crippen LogP contribution in [0.25, 0.3) is 10.9 Å². The molecule has 1 heterocycles. The van der Waals surface area contributed by atoms with Gasteiger partial charge in [0, 0.05) is 17.1 Å². The highest BCUT2D eigenvalue weighted by Crippen LogP contribution is 2.29. The van der Waals surface area contributed by atoms with Crippen molar-refractivity contribution in [2.75, 3.05) is 11.1 Å². The van der Waals surface area contributed by atoms with Crippen LogP contribution >= 0.6 is 11.6 Å². The van der Waals surface area contributed by atoms with Crippen molar-refractivity contribution in [3.63, 3.8) is 0 Å². The molecular formula is C11H11ClN4. The smallest absolute Gasteiger partial charge is 0.224 e. The van der Waals surface area contributed by atoms with Gasteiger partial charge in [-0.3, -0.25) is 0 Å². The van der Waals surface area contributed by atoms with Crippen LogP contribution in [0.3, 0.4) is 0 Å². The number of fused-ring (bicyclic) bond motifs is 1. The summed E-state index contributed by atoms with van der Waals surface area (Å²) in [5, 5.41) is 4.53. The normalized spacial score (nSPS) is 15.3. The van der Waals surface area contributed by atoms with E-state index in [9.17, 15) is 0 Å². The van der Waals surface area contributed by atoms with E-state index < -0.39 is 0 Å². The minimum absolute atomic E-state index is 0.264. The fourth-order valence-corrected chi connectivity index (χ4v) is 1.82. The SMILES string of the molecule is Nc1ccc2nc(Cl)nc(NC3CC3)c2c1. The van der Waals surface area contributed by atoms with Crippen LogP contribution in [0.15, 0.2) is 18.2 Å². The highest BCUT2D eigenvalue weighted by molar-refractivity contribution is 6.28. The molecule has 0 radical (unpaired) electrons. The maximum Gasteiger partial charge on any atom is 0.224 e. The van der Waals surface area contributed by atoms with Gasteiger partial charge in [0.2, 0.25) is 5.28 Å². The van der Waals surface area contributed by atoms with Gasteiger partial charge in [0.05, 0.1) is 5.52 Å². The number of nitrogens with two attached hydrogens (primary N) is 1. The van der Waals surface area contributed by atoms with Crippen LogP contribution in [-0.2, 0) is 0 Å². The highest BCUT2D eigenvalue weighted by atomic mass is 35.5. The van der Waals surface area contributed by atoms with Gasteiger partial charge >= 0.3 is 0 Å². The van der Waals surface area contributed by atoms with Gasteiger partial charge in [-0.1, -0.05) is 0 Å². The lowest BCUT2D eigenvalue weighted by atomic mass is 10.2. The summed E-state index contributed by atoms with van der Waals surface area (Å²) in [4.78, 5) is 8.37. The van der Waals surface area contributed by atoms with E-state index in [2.05, 4.69) is 15.3 Å². The Bertz CT molecular complexity index is 551. The number of hydrogen-bond donors (Lipinski definition) is 2. The molecule has 16 heavy (non-hydrogen) atoms. The molecule has 3 rings (SSSR count). The molecule has 0 spiro atoms. The molecule has 0 unspecified atom stereocenters. The Morgan fingerprint density at radius 3 is 2.88 bits per heavy atom. The minimum Gasteiger partial charge on any atom is -0.399 e. The van der Waals surface area contributed by atoms with Crippen LogP contribution in [0, 0.1) is 0 Å². The van der Waals surface area contributed by atoms with Crippen LogP contribution in [0.2, 0.25) is 5.28 Å². The van der Waals surface area contributed by atoms with Gasteiger partial charge in [-0.2, -0.15) is 0 Å². The summed E-state index contributed by atoms with van der Waals surface area (Å²) in [7, 11) is 0. The van der Waals surface area contributed by atoms with Crippen LogP contribution in [0.5, 0.6) is 0 Å². The van der Waals surface area contributed by atoms with Crippen molar-refractivity contribution in [2.24, 2.45) is 0 Å². The van der Waals surface area contributed by atoms with Crippen molar-refractivity contribution in [2.45, 2.75) is 18.9 Å². The van der Waals surface area contributed by atoms with Crippen LogP contribution in [0.4, 0.5) is 11.5 Å². The molecule has 82 valence electrons. The molecule has 1 aromatic heterocycles. The predicted octanol–water partition coefficient (Wildman–Crippen LogP) is 2.44. The molecule has 1 aliphatic rings. The molecule has 3 N–H and O–H groups in total. The molecule has 0 atom stereocenters. The number of nitrogens with zero attached hydrogens (tertiary/aromatic N) is 2. The van der Waals surface area contributed by atoms with Gasteiger partial charge in [0.15, 0.2) is 0 Å². The Labute approximate surface area is 97.8 Å². The first kappa shape index (κ1) is 9.66. The first-order valence-electron chi connectivity index (χ1n) is 5.22. The number of benzene rings is 1. The number of hydrogen-bond acceptors (Lipinski definition) is 4. The van der Waals surface area contributed by atoms with Crippen molar-refractivity contribution < 1.29 is 0 Å². The lowest BCUT2D eigenvalue weighted by Gasteiger charge is -2.08. The highest BCUT2D eigenvalue weighted by Gasteiger charge is 2.22. The number of aromatic nitrogens is 2. The second kappa shape index (κ2) is 3.49. The fraction of sp³-hybridized carbons (Fsp3) is 0.273. The maximum absolute atomic E-state index is 5.87. The molecule has 2 aromatic rings. The fourth-order valence-electron chi connectivity index (χ4n) is 1.65. The zero-order valence-corrected chi connectivity index (χ0v) is 9.33. The van der Waals surface area contributed by atoms with E-state index >= 15 is 0 Å². The van der Waals surface area contributed by atoms with E-state index in [-0.39, 0.29) is 5.28 Å². The van der Waals surface area contributed by atoms with Gasteiger partial charge in [-0.15, -0.1) is 0 Å². The lowest BCUT2D eigenvalue weighted by molar-refractivity contribution is 1.10. The zero-order chi connectivity index (χ0) is 11.1. The number of nitrogens with one attached hydrogen (secondary N) is 1. The third-order valence-electron chi connectivity index (χ3n) is 2.61. The van der Waals surface area contributed by atoms with Gasteiger partial charge < -0.3 is 11.1 Å². The Hall–Kier alpha value is -1.55. The van der Waals surface area contributed by atoms with Crippen molar-refractivity contribution in [1.29, 1.82) is 0 Å². The number of anilines is 2. The molecular weight excluding hydrogens is 224 g/mol. The second-order valence-electron chi connectivity index (χ2n) is 4.04. The molecule has 0 saturated heterocycles. The Morgan fingerprint density at radius 1 is 1.31 bits per heavy atom. The number of rotatable bonds is 2. The molecule has 0 amide bonds. The molecule has 0 bridgehead atoms. The van der Waals surface area contributed by atoms with Crippen molar-refractivity contribution in [3.8, 4) is 0 Å². The largest absolute Gasteiger partial charge is 0.399 e. The molecule has 1 aliphatic carbocycles. The molecule has 4 nitrogen and oxygen atoms in total. The lowest BCUT2D eigenvalue weighted by Crippen LogP contribution is -2.05. The van der Waals surface area contributed by atoms with Crippen LogP contribution < -0.4 is 11.1 Å². The van der Waals surface area contributed by atoms with Gasteiger partial charge in [-0.05, 0) is 42.6 Å². The summed E-state index contributed by atoms with van der Waals surface area (Å²) in [5.41, 5.74) is 7.28. The standard InChI is InChI=1S/C11H11ClN4/c12-11-15-9-4-1-6(13)5-8(9)10(16-11)14-7-2-3-7/h1,4-5,7H,2-3,13H2,(H,14,15,16). The van der Waals surface area contributed by atoms with E-state index in [1.54, 1.807) is 0 Å². The molecule has 1 fully saturated rings. The van der Waals surface area contributed by atoms with E-state index in [1.165, 1.54) is 12.8 Å². The molecule has 5 heteroatoms. The van der Waals surface area contributed by atoms with Crippen molar-refractivity contribution in [1.82, 2.24) is 9.97 Å². The predicted molar refractivity (Wildman–Crippen MR) is 65.6 cm³/mol. The number of halogens is 1. The number of nitrogen functional groups attached to an aromatic ring is 1. The van der Waals surface area contributed by atoms with Crippen LogP contribution in [-0.4, -0.2) is 16.0 Å². The summed E-state index contributed by atoms with van der Waals surface area (Å²) in [6, 6.07) is 6.06. The topological polar surface area (TPSA) is 63.8 Å². The average molecular weight is 235 g/mol. The maximum atomic E-state index is 5.87. The van der Waals surface area contributed by atoms with Gasteiger partial charge in [-0.25, -0.2) is 9.97 Å². The molecule has 1 aromatic carbocycles. The second-order valence-corrected chi connectivity index (χ2v) is 4.37. The summed E-state index contributed by atoms with van der Waals surface area (Å²) in [6.45, 7) is 0. The summed E-state index contributed by atoms with van der Waals surface area (Å²) < 4.78 is 0. The zero-order valence-electron chi connectivity index (χ0n) is 8.57. The van der Waals surface area contributed by atoms with Crippen molar-refractivity contribution >= 4 is 34.0 Å². The Kier molecular flexibility index (Phi) is 2.11. The minimum atomic E-state index is 0.264. The molecule has 0 aliphatic heterocycles. The third-order valence-corrected chi connectivity index (χ3v) is 2.78. The van der Waals surface area contributed by atoms with E-state index in [1.807, 2.05) is 18.2 Å². The summed E-state index contributed by atoms with van der Waals surface area (Å²) in [5.74, 6) is 0.782. The summed E-state index contributed by atoms with van der Waals surface area (Å²) in [6.07, 6.45) is 2.37. The van der Waals surface area contributed by atoms with E-state index in [4.69, 9.17) is 17.3 Å². The van der Waals surface area contributed by atoms with Gasteiger partial charge in [0.1, 0.15) is 5.82 Å². The average Bonchev–Trinajstić information content (AvgIpc) is 3.03. The monoisotopic (exact) mass is 234 g/mol. The first-order chi connectivity index (χ1) is 7.72. The Morgan fingerprint density at radius 2 is 2.12 bits per heavy atom. The van der Waals surface area contributed by atoms with Gasteiger partial charge in [0.25, 0.3) is 0 Å².